The highest BCUT2D eigenvalue weighted by Crippen LogP contribution is 2.25. The van der Waals surface area contributed by atoms with Crippen LogP contribution < -0.4 is 15.4 Å². The third-order valence-electron chi connectivity index (χ3n) is 3.33. The molecule has 1 heterocycles. The van der Waals surface area contributed by atoms with E-state index in [0.717, 1.165) is 15.4 Å². The highest BCUT2D eigenvalue weighted by molar-refractivity contribution is 7.11. The summed E-state index contributed by atoms with van der Waals surface area (Å²) in [5.74, 6) is 0.302. The van der Waals surface area contributed by atoms with Crippen LogP contribution in [0, 0.1) is 13.8 Å². The Morgan fingerprint density at radius 2 is 2.04 bits per heavy atom. The van der Waals surface area contributed by atoms with Gasteiger partial charge >= 0.3 is 6.03 Å². The molecular weight excluding hydrogens is 340 g/mol. The number of amides is 3. The number of carbonyl (C=O) groups excluding carboxylic acids is 2. The number of nitrogens with one attached hydrogen (secondary N) is 2. The van der Waals surface area contributed by atoms with E-state index in [-0.39, 0.29) is 18.5 Å². The van der Waals surface area contributed by atoms with Crippen molar-refractivity contribution in [3.05, 3.63) is 39.8 Å². The first kappa shape index (κ1) is 18.7. The summed E-state index contributed by atoms with van der Waals surface area (Å²) in [5.41, 5.74) is 1.48. The van der Waals surface area contributed by atoms with Gasteiger partial charge in [-0.2, -0.15) is 0 Å². The largest absolute Gasteiger partial charge is 0.482 e. The van der Waals surface area contributed by atoms with Gasteiger partial charge in [-0.1, -0.05) is 6.07 Å². The van der Waals surface area contributed by atoms with E-state index in [0.29, 0.717) is 18.0 Å². The topological polar surface area (TPSA) is 83.6 Å². The Labute approximate surface area is 151 Å². The van der Waals surface area contributed by atoms with Crippen molar-refractivity contribution in [3.63, 3.8) is 0 Å². The number of aryl methyl sites for hydroxylation is 2. The SMILES string of the molecule is Cc1ccc(NC(=O)NCc2cnc(C)s2)c(OCC(=O)N(C)C)c1. The Balaban J connectivity index is 1.97. The lowest BCUT2D eigenvalue weighted by atomic mass is 10.2. The number of benzene rings is 1. The Kier molecular flexibility index (Phi) is 6.35. The molecule has 2 aromatic rings. The van der Waals surface area contributed by atoms with Crippen LogP contribution in [0.25, 0.3) is 0 Å². The molecule has 8 heteroatoms. The van der Waals surface area contributed by atoms with Crippen LogP contribution in [0.5, 0.6) is 5.75 Å². The number of carbonyl (C=O) groups is 2. The standard InChI is InChI=1S/C17H22N4O3S/c1-11-5-6-14(15(7-11)24-10-16(22)21(3)4)20-17(23)19-9-13-8-18-12(2)25-13/h5-8H,9-10H2,1-4H3,(H2,19,20,23). The third-order valence-corrected chi connectivity index (χ3v) is 4.24. The van der Waals surface area contributed by atoms with Crippen molar-refractivity contribution >= 4 is 29.0 Å². The van der Waals surface area contributed by atoms with E-state index < -0.39 is 0 Å². The minimum Gasteiger partial charge on any atom is -0.482 e. The number of rotatable bonds is 6. The third kappa shape index (κ3) is 5.75. The van der Waals surface area contributed by atoms with Gasteiger partial charge in [-0.05, 0) is 31.5 Å². The summed E-state index contributed by atoms with van der Waals surface area (Å²) >= 11 is 1.53. The summed E-state index contributed by atoms with van der Waals surface area (Å²) in [7, 11) is 3.32. The first-order valence-electron chi connectivity index (χ1n) is 7.75. The van der Waals surface area contributed by atoms with Crippen LogP contribution in [-0.2, 0) is 11.3 Å². The molecule has 0 radical (unpaired) electrons. The molecule has 0 bridgehead atoms. The van der Waals surface area contributed by atoms with Crippen LogP contribution >= 0.6 is 11.3 Å². The molecule has 0 aliphatic carbocycles. The number of hydrogen-bond acceptors (Lipinski definition) is 5. The molecule has 0 spiro atoms. The predicted molar refractivity (Wildman–Crippen MR) is 98.1 cm³/mol. The zero-order valence-corrected chi connectivity index (χ0v) is 15.6. The number of urea groups is 1. The molecule has 1 aromatic heterocycles. The zero-order chi connectivity index (χ0) is 18.4. The molecule has 2 N–H and O–H groups in total. The number of nitrogens with zero attached hydrogens (tertiary/aromatic N) is 2. The van der Waals surface area contributed by atoms with Gasteiger partial charge in [-0.15, -0.1) is 11.3 Å². The molecular formula is C17H22N4O3S. The van der Waals surface area contributed by atoms with E-state index in [9.17, 15) is 9.59 Å². The summed E-state index contributed by atoms with van der Waals surface area (Å²) in [4.78, 5) is 30.4. The molecule has 3 amide bonds. The molecule has 0 atom stereocenters. The second-order valence-corrected chi connectivity index (χ2v) is 7.05. The van der Waals surface area contributed by atoms with Crippen molar-refractivity contribution < 1.29 is 14.3 Å². The van der Waals surface area contributed by atoms with Gasteiger partial charge in [-0.3, -0.25) is 4.79 Å². The predicted octanol–water partition coefficient (Wildman–Crippen LogP) is 2.55. The summed E-state index contributed by atoms with van der Waals surface area (Å²) in [6.45, 7) is 4.14. The molecule has 0 aliphatic rings. The number of likely N-dealkylation sites (N-methyl/N-ethyl adjacent to an activating group) is 1. The lowest BCUT2D eigenvalue weighted by Gasteiger charge is -2.15. The maximum atomic E-state index is 12.1. The normalized spacial score (nSPS) is 10.2. The van der Waals surface area contributed by atoms with Crippen LogP contribution in [0.15, 0.2) is 24.4 Å². The highest BCUT2D eigenvalue weighted by atomic mass is 32.1. The van der Waals surface area contributed by atoms with Gasteiger partial charge in [0.05, 0.1) is 17.2 Å². The van der Waals surface area contributed by atoms with Gasteiger partial charge in [0.25, 0.3) is 5.91 Å². The van der Waals surface area contributed by atoms with E-state index in [1.54, 1.807) is 32.4 Å². The summed E-state index contributed by atoms with van der Waals surface area (Å²) in [6.07, 6.45) is 1.74. The van der Waals surface area contributed by atoms with Crippen molar-refractivity contribution in [2.45, 2.75) is 20.4 Å². The Morgan fingerprint density at radius 3 is 2.68 bits per heavy atom. The minimum absolute atomic E-state index is 0.0904. The molecule has 25 heavy (non-hydrogen) atoms. The van der Waals surface area contributed by atoms with Crippen molar-refractivity contribution in [1.82, 2.24) is 15.2 Å². The van der Waals surface area contributed by atoms with Crippen molar-refractivity contribution in [3.8, 4) is 5.75 Å². The quantitative estimate of drug-likeness (QED) is 0.827. The maximum absolute atomic E-state index is 12.1. The first-order chi connectivity index (χ1) is 11.8. The fourth-order valence-electron chi connectivity index (χ4n) is 1.94. The number of hydrogen-bond donors (Lipinski definition) is 2. The van der Waals surface area contributed by atoms with E-state index in [4.69, 9.17) is 4.74 Å². The van der Waals surface area contributed by atoms with Gasteiger partial charge < -0.3 is 20.3 Å². The van der Waals surface area contributed by atoms with E-state index >= 15 is 0 Å². The lowest BCUT2D eigenvalue weighted by Crippen LogP contribution is -2.29. The molecule has 0 saturated carbocycles. The monoisotopic (exact) mass is 362 g/mol. The average Bonchev–Trinajstić information content (AvgIpc) is 2.98. The van der Waals surface area contributed by atoms with Crippen LogP contribution in [0.4, 0.5) is 10.5 Å². The van der Waals surface area contributed by atoms with Crippen molar-refractivity contribution in [2.75, 3.05) is 26.0 Å². The number of ether oxygens (including phenoxy) is 1. The molecule has 0 unspecified atom stereocenters. The highest BCUT2D eigenvalue weighted by Gasteiger charge is 2.11. The van der Waals surface area contributed by atoms with Gasteiger partial charge in [0.1, 0.15) is 5.75 Å². The molecule has 7 nitrogen and oxygen atoms in total. The average molecular weight is 362 g/mol. The number of aromatic nitrogens is 1. The van der Waals surface area contributed by atoms with Crippen LogP contribution in [0.2, 0.25) is 0 Å². The second-order valence-electron chi connectivity index (χ2n) is 5.73. The molecule has 0 saturated heterocycles. The minimum atomic E-state index is -0.348. The smallest absolute Gasteiger partial charge is 0.319 e. The molecule has 2 rings (SSSR count). The van der Waals surface area contributed by atoms with Crippen LogP contribution in [0.1, 0.15) is 15.4 Å². The Morgan fingerprint density at radius 1 is 1.28 bits per heavy atom. The summed E-state index contributed by atoms with van der Waals surface area (Å²) < 4.78 is 5.57. The Hall–Kier alpha value is -2.61. The van der Waals surface area contributed by atoms with Gasteiger partial charge in [0.15, 0.2) is 6.61 Å². The van der Waals surface area contributed by atoms with Crippen LogP contribution in [0.3, 0.4) is 0 Å². The van der Waals surface area contributed by atoms with Gasteiger partial charge in [-0.25, -0.2) is 9.78 Å². The molecule has 0 aliphatic heterocycles. The van der Waals surface area contributed by atoms with Gasteiger partial charge in [0, 0.05) is 25.2 Å². The first-order valence-corrected chi connectivity index (χ1v) is 8.56. The second kappa shape index (κ2) is 8.48. The number of anilines is 1. The summed E-state index contributed by atoms with van der Waals surface area (Å²) in [5, 5.41) is 6.48. The van der Waals surface area contributed by atoms with E-state index in [1.165, 1.54) is 16.2 Å². The van der Waals surface area contributed by atoms with Crippen molar-refractivity contribution in [1.29, 1.82) is 0 Å². The fraction of sp³-hybridized carbons (Fsp3) is 0.353. The maximum Gasteiger partial charge on any atom is 0.319 e. The van der Waals surface area contributed by atoms with E-state index in [2.05, 4.69) is 15.6 Å². The molecule has 0 fully saturated rings. The lowest BCUT2D eigenvalue weighted by molar-refractivity contribution is -0.130. The van der Waals surface area contributed by atoms with E-state index in [1.807, 2.05) is 19.9 Å². The van der Waals surface area contributed by atoms with Crippen molar-refractivity contribution in [2.24, 2.45) is 0 Å². The Bertz CT molecular complexity index is 758. The summed E-state index contributed by atoms with van der Waals surface area (Å²) in [6, 6.07) is 5.05. The van der Waals surface area contributed by atoms with Gasteiger partial charge in [0.2, 0.25) is 0 Å². The number of thiazole rings is 1. The fourth-order valence-corrected chi connectivity index (χ4v) is 2.68. The molecule has 134 valence electrons. The molecule has 1 aromatic carbocycles. The van der Waals surface area contributed by atoms with Crippen LogP contribution in [-0.4, -0.2) is 42.5 Å². The zero-order valence-electron chi connectivity index (χ0n) is 14.8.